The number of morpholine rings is 1. The minimum atomic E-state index is -0.181. The highest BCUT2D eigenvalue weighted by Crippen LogP contribution is 2.25. The van der Waals surface area contributed by atoms with Crippen LogP contribution in [0.2, 0.25) is 0 Å². The van der Waals surface area contributed by atoms with Crippen molar-refractivity contribution >= 4 is 47.4 Å². The zero-order valence-corrected chi connectivity index (χ0v) is 19.0. The Hall–Kier alpha value is -0.740. The SMILES string of the molecule is CCNC(=NCc1ccc(N2CCOCC2)c(F)c1)NCC1CCCS1.I. The van der Waals surface area contributed by atoms with Gasteiger partial charge in [-0.15, -0.1) is 24.0 Å². The second-order valence-corrected chi connectivity index (χ2v) is 8.00. The minimum absolute atomic E-state index is 0. The molecule has 152 valence electrons. The molecule has 2 heterocycles. The average molecular weight is 508 g/mol. The third-order valence-electron chi connectivity index (χ3n) is 4.65. The normalized spacial score (nSPS) is 20.3. The number of hydrogen-bond donors (Lipinski definition) is 2. The summed E-state index contributed by atoms with van der Waals surface area (Å²) in [5, 5.41) is 7.35. The molecule has 0 bridgehead atoms. The quantitative estimate of drug-likeness (QED) is 0.351. The highest BCUT2D eigenvalue weighted by molar-refractivity contribution is 14.0. The molecule has 2 saturated heterocycles. The number of anilines is 1. The summed E-state index contributed by atoms with van der Waals surface area (Å²) >= 11 is 2.03. The molecule has 1 atom stereocenters. The molecule has 2 aliphatic rings. The van der Waals surface area contributed by atoms with Crippen molar-refractivity contribution < 1.29 is 9.13 Å². The Morgan fingerprint density at radius 1 is 1.33 bits per heavy atom. The summed E-state index contributed by atoms with van der Waals surface area (Å²) < 4.78 is 19.8. The first-order valence-corrected chi connectivity index (χ1v) is 10.6. The van der Waals surface area contributed by atoms with E-state index in [0.717, 1.165) is 37.7 Å². The van der Waals surface area contributed by atoms with Crippen LogP contribution in [0.1, 0.15) is 25.3 Å². The number of hydrogen-bond acceptors (Lipinski definition) is 4. The minimum Gasteiger partial charge on any atom is -0.378 e. The standard InChI is InChI=1S/C19H29FN4OS.HI/c1-2-21-19(23-14-16-4-3-11-26-16)22-13-15-5-6-18(17(20)12-15)24-7-9-25-10-8-24;/h5-6,12,16H,2-4,7-11,13-14H2,1H3,(H2,21,22,23);1H. The van der Waals surface area contributed by atoms with E-state index in [0.29, 0.717) is 30.7 Å². The average Bonchev–Trinajstić information content (AvgIpc) is 3.18. The first kappa shape index (κ1) is 22.5. The molecule has 2 aliphatic heterocycles. The molecule has 0 saturated carbocycles. The van der Waals surface area contributed by atoms with Gasteiger partial charge in [0, 0.05) is 31.4 Å². The van der Waals surface area contributed by atoms with Crippen molar-refractivity contribution in [1.29, 1.82) is 0 Å². The van der Waals surface area contributed by atoms with E-state index in [9.17, 15) is 4.39 Å². The molecule has 5 nitrogen and oxygen atoms in total. The van der Waals surface area contributed by atoms with Crippen LogP contribution in [0.15, 0.2) is 23.2 Å². The molecule has 3 rings (SSSR count). The lowest BCUT2D eigenvalue weighted by molar-refractivity contribution is 0.122. The Balaban J connectivity index is 0.00000261. The molecule has 0 aliphatic carbocycles. The summed E-state index contributed by atoms with van der Waals surface area (Å²) in [6, 6.07) is 5.43. The van der Waals surface area contributed by atoms with E-state index in [1.54, 1.807) is 6.07 Å². The number of nitrogens with one attached hydrogen (secondary N) is 2. The van der Waals surface area contributed by atoms with Crippen LogP contribution in [0.3, 0.4) is 0 Å². The molecule has 27 heavy (non-hydrogen) atoms. The maximum atomic E-state index is 14.5. The number of nitrogens with zero attached hydrogens (tertiary/aromatic N) is 2. The van der Waals surface area contributed by atoms with Gasteiger partial charge in [-0.3, -0.25) is 0 Å². The van der Waals surface area contributed by atoms with Crippen molar-refractivity contribution in [3.8, 4) is 0 Å². The van der Waals surface area contributed by atoms with Crippen LogP contribution in [0, 0.1) is 5.82 Å². The van der Waals surface area contributed by atoms with Crippen molar-refractivity contribution in [2.45, 2.75) is 31.6 Å². The van der Waals surface area contributed by atoms with E-state index in [-0.39, 0.29) is 29.8 Å². The molecule has 2 fully saturated rings. The molecule has 0 amide bonds. The van der Waals surface area contributed by atoms with Crippen molar-refractivity contribution in [2.24, 2.45) is 4.99 Å². The Morgan fingerprint density at radius 2 is 2.15 bits per heavy atom. The second kappa shape index (κ2) is 12.0. The number of benzene rings is 1. The Labute approximate surface area is 182 Å². The summed E-state index contributed by atoms with van der Waals surface area (Å²) in [6.45, 7) is 7.05. The van der Waals surface area contributed by atoms with Gasteiger partial charge in [-0.05, 0) is 43.2 Å². The van der Waals surface area contributed by atoms with Gasteiger partial charge in [-0.25, -0.2) is 9.38 Å². The van der Waals surface area contributed by atoms with E-state index in [2.05, 4.69) is 22.5 Å². The van der Waals surface area contributed by atoms with Gasteiger partial charge in [0.05, 0.1) is 25.4 Å². The number of halogens is 2. The Bertz CT molecular complexity index is 607. The summed E-state index contributed by atoms with van der Waals surface area (Å²) in [7, 11) is 0. The number of guanidine groups is 1. The predicted octanol–water partition coefficient (Wildman–Crippen LogP) is 3.23. The topological polar surface area (TPSA) is 48.9 Å². The fourth-order valence-corrected chi connectivity index (χ4v) is 4.44. The summed E-state index contributed by atoms with van der Waals surface area (Å²) in [5.74, 6) is 1.88. The van der Waals surface area contributed by atoms with Gasteiger partial charge in [0.2, 0.25) is 0 Å². The van der Waals surface area contributed by atoms with Crippen LogP contribution < -0.4 is 15.5 Å². The zero-order valence-electron chi connectivity index (χ0n) is 15.9. The smallest absolute Gasteiger partial charge is 0.191 e. The van der Waals surface area contributed by atoms with E-state index in [4.69, 9.17) is 4.74 Å². The van der Waals surface area contributed by atoms with Crippen molar-refractivity contribution in [3.05, 3.63) is 29.6 Å². The lowest BCUT2D eigenvalue weighted by atomic mass is 10.1. The van der Waals surface area contributed by atoms with Crippen LogP contribution >= 0.6 is 35.7 Å². The van der Waals surface area contributed by atoms with Crippen molar-refractivity contribution in [3.63, 3.8) is 0 Å². The van der Waals surface area contributed by atoms with Crippen LogP contribution in [-0.4, -0.2) is 56.4 Å². The van der Waals surface area contributed by atoms with Crippen LogP contribution in [0.25, 0.3) is 0 Å². The Morgan fingerprint density at radius 3 is 2.81 bits per heavy atom. The van der Waals surface area contributed by atoms with E-state index in [1.165, 1.54) is 18.6 Å². The molecule has 0 radical (unpaired) electrons. The number of aliphatic imine (C=N–C) groups is 1. The molecule has 0 aromatic heterocycles. The first-order valence-electron chi connectivity index (χ1n) is 9.51. The first-order chi connectivity index (χ1) is 12.8. The molecular weight excluding hydrogens is 478 g/mol. The largest absolute Gasteiger partial charge is 0.378 e. The van der Waals surface area contributed by atoms with Crippen LogP contribution in [0.5, 0.6) is 0 Å². The van der Waals surface area contributed by atoms with Crippen LogP contribution in [-0.2, 0) is 11.3 Å². The van der Waals surface area contributed by atoms with Gasteiger partial charge in [0.15, 0.2) is 5.96 Å². The van der Waals surface area contributed by atoms with Crippen molar-refractivity contribution in [1.82, 2.24) is 10.6 Å². The fraction of sp³-hybridized carbons (Fsp3) is 0.632. The zero-order chi connectivity index (χ0) is 18.2. The molecule has 0 spiro atoms. The molecule has 1 aromatic carbocycles. The summed E-state index contributed by atoms with van der Waals surface area (Å²) in [6.07, 6.45) is 2.57. The van der Waals surface area contributed by atoms with Gasteiger partial charge in [-0.2, -0.15) is 11.8 Å². The molecule has 1 unspecified atom stereocenters. The summed E-state index contributed by atoms with van der Waals surface area (Å²) in [4.78, 5) is 6.65. The third kappa shape index (κ3) is 6.98. The number of thioether (sulfide) groups is 1. The van der Waals surface area contributed by atoms with Gasteiger partial charge in [0.25, 0.3) is 0 Å². The summed E-state index contributed by atoms with van der Waals surface area (Å²) in [5.41, 5.74) is 1.54. The fourth-order valence-electron chi connectivity index (χ4n) is 3.24. The molecule has 1 aromatic rings. The second-order valence-electron chi connectivity index (χ2n) is 6.60. The van der Waals surface area contributed by atoms with E-state index >= 15 is 0 Å². The van der Waals surface area contributed by atoms with Gasteiger partial charge < -0.3 is 20.3 Å². The number of rotatable bonds is 6. The van der Waals surface area contributed by atoms with Crippen LogP contribution in [0.4, 0.5) is 10.1 Å². The predicted molar refractivity (Wildman–Crippen MR) is 123 cm³/mol. The van der Waals surface area contributed by atoms with Gasteiger partial charge in [0.1, 0.15) is 5.82 Å². The highest BCUT2D eigenvalue weighted by atomic mass is 127. The molecular formula is C19H30FIN4OS. The Kier molecular flexibility index (Phi) is 9.99. The monoisotopic (exact) mass is 508 g/mol. The van der Waals surface area contributed by atoms with Gasteiger partial charge >= 0.3 is 0 Å². The lowest BCUT2D eigenvalue weighted by Gasteiger charge is -2.29. The maximum absolute atomic E-state index is 14.5. The molecule has 2 N–H and O–H groups in total. The van der Waals surface area contributed by atoms with Crippen molar-refractivity contribution in [2.75, 3.05) is 50.0 Å². The third-order valence-corrected chi connectivity index (χ3v) is 6.05. The number of ether oxygens (including phenoxy) is 1. The maximum Gasteiger partial charge on any atom is 0.191 e. The van der Waals surface area contributed by atoms with E-state index < -0.39 is 0 Å². The lowest BCUT2D eigenvalue weighted by Crippen LogP contribution is -2.40. The van der Waals surface area contributed by atoms with E-state index in [1.807, 2.05) is 28.8 Å². The molecule has 8 heteroatoms. The van der Waals surface area contributed by atoms with Gasteiger partial charge in [-0.1, -0.05) is 6.07 Å². The highest BCUT2D eigenvalue weighted by Gasteiger charge is 2.16.